The molecule has 0 fully saturated rings. The molecule has 0 atom stereocenters. The number of halogens is 2. The molecule has 2 aromatic heterocycles. The maximum Gasteiger partial charge on any atom is 0.179 e. The minimum absolute atomic E-state index is 0.0122. The molecular formula is C106H78F2N2O2Si2. The number of fused-ring (bicyclic) bond motifs is 6. The Morgan fingerprint density at radius 3 is 0.860 bits per heavy atom. The molecule has 8 heteroatoms. The monoisotopic (exact) mass is 1500 g/mol. The Labute approximate surface area is 663 Å². The minimum atomic E-state index is -3.00. The van der Waals surface area contributed by atoms with E-state index in [0.29, 0.717) is 33.9 Å². The van der Waals surface area contributed by atoms with Gasteiger partial charge in [-0.3, -0.25) is 0 Å². The molecule has 0 unspecified atom stereocenters. The summed E-state index contributed by atoms with van der Waals surface area (Å²) in [5.41, 5.74) is 12.2. The summed E-state index contributed by atoms with van der Waals surface area (Å²) in [6.07, 6.45) is 0. The van der Waals surface area contributed by atoms with Gasteiger partial charge in [-0.15, -0.1) is 0 Å². The van der Waals surface area contributed by atoms with Gasteiger partial charge in [-0.25, -0.2) is 8.78 Å². The van der Waals surface area contributed by atoms with Crippen molar-refractivity contribution in [1.29, 1.82) is 0 Å². The van der Waals surface area contributed by atoms with E-state index in [9.17, 15) is 0 Å². The van der Waals surface area contributed by atoms with Crippen LogP contribution in [0.4, 0.5) is 42.9 Å². The van der Waals surface area contributed by atoms with Gasteiger partial charge in [0.25, 0.3) is 0 Å². The van der Waals surface area contributed by atoms with Crippen LogP contribution in [0.1, 0.15) is 50.7 Å². The average Bonchev–Trinajstić information content (AvgIpc) is 0.760. The van der Waals surface area contributed by atoms with E-state index in [1.54, 1.807) is 12.1 Å². The second kappa shape index (κ2) is 28.4. The largest absolute Gasteiger partial charge is 0.454 e. The van der Waals surface area contributed by atoms with Crippen LogP contribution >= 0.6 is 0 Å². The van der Waals surface area contributed by atoms with Gasteiger partial charge in [-0.1, -0.05) is 355 Å². The molecule has 0 spiro atoms. The minimum Gasteiger partial charge on any atom is -0.454 e. The van der Waals surface area contributed by atoms with Gasteiger partial charge in [0.05, 0.1) is 34.1 Å². The van der Waals surface area contributed by atoms with E-state index < -0.39 is 27.8 Å². The summed E-state index contributed by atoms with van der Waals surface area (Å²) >= 11 is 0. The standard InChI is InChI=1S/C106H78F2N2O2Si2/c1-69(2)91-67-97(109(95-51-29-49-87-83-47-23-25-53-101(83)111-105(87)95)99-65-73(55-61-93(99)107)71-31-27-45-81(63-71)113(75-33-11-5-12-34-75,76-35-13-6-14-36-76)77-37-15-7-16-38-77)89-60-58-86-92(70(3)4)68-98(90-59-57-85(91)103(89)104(86)90)110(96-52-30-50-88-84-48-24-26-54-102(84)112-106(88)96)100-66-74(56-62-94(100)108)72-32-28-46-82(64-72)114(78-39-17-8-18-40-78,79-41-19-9-20-42-79)80-43-21-10-22-44-80/h5-70H,1-4H3. The van der Waals surface area contributed by atoms with Crippen molar-refractivity contribution < 1.29 is 17.6 Å². The highest BCUT2D eigenvalue weighted by Crippen LogP contribution is 2.54. The third kappa shape index (κ3) is 11.2. The second-order valence-corrected chi connectivity index (χ2v) is 38.3. The molecule has 0 aliphatic rings. The number of hydrogen-bond acceptors (Lipinski definition) is 4. The lowest BCUT2D eigenvalue weighted by molar-refractivity contribution is 0.628. The van der Waals surface area contributed by atoms with Crippen LogP contribution in [0.3, 0.4) is 0 Å². The number of para-hydroxylation sites is 4. The molecular weight excluding hydrogens is 1430 g/mol. The Hall–Kier alpha value is -13.5. The van der Waals surface area contributed by atoms with Crippen LogP contribution in [0.2, 0.25) is 0 Å². The van der Waals surface area contributed by atoms with Crippen LogP contribution < -0.4 is 51.3 Å². The lowest BCUT2D eigenvalue weighted by atomic mass is 9.84. The Kier molecular flexibility index (Phi) is 17.3. The topological polar surface area (TPSA) is 32.8 Å². The van der Waals surface area contributed by atoms with E-state index in [1.165, 1.54) is 41.5 Å². The van der Waals surface area contributed by atoms with Gasteiger partial charge in [-0.2, -0.15) is 0 Å². The summed E-state index contributed by atoms with van der Waals surface area (Å²) in [7, 11) is -6.01. The van der Waals surface area contributed by atoms with Crippen LogP contribution in [0.25, 0.3) is 98.4 Å². The number of furan rings is 2. The molecule has 0 amide bonds. The number of hydrogen-bond donors (Lipinski definition) is 0. The van der Waals surface area contributed by atoms with Crippen LogP contribution in [-0.2, 0) is 0 Å². The maximum absolute atomic E-state index is 18.6. The summed E-state index contributed by atoms with van der Waals surface area (Å²) in [5.74, 6) is -0.826. The normalized spacial score (nSPS) is 12.1. The molecule has 2 heterocycles. The maximum atomic E-state index is 18.6. The number of nitrogens with zero attached hydrogens (tertiary/aromatic N) is 2. The lowest BCUT2D eigenvalue weighted by Gasteiger charge is -2.34. The van der Waals surface area contributed by atoms with E-state index in [0.717, 1.165) is 110 Å². The highest BCUT2D eigenvalue weighted by Gasteiger charge is 2.44. The van der Waals surface area contributed by atoms with E-state index in [-0.39, 0.29) is 11.8 Å². The molecule has 0 radical (unpaired) electrons. The van der Waals surface area contributed by atoms with E-state index in [2.05, 4.69) is 353 Å². The average molecular weight is 1510 g/mol. The predicted octanol–water partition coefficient (Wildman–Crippen LogP) is 23.9. The first-order chi connectivity index (χ1) is 56.0. The van der Waals surface area contributed by atoms with E-state index in [1.807, 2.05) is 60.7 Å². The highest BCUT2D eigenvalue weighted by molar-refractivity contribution is 7.20. The van der Waals surface area contributed by atoms with Crippen LogP contribution in [0.5, 0.6) is 0 Å². The molecule has 0 N–H and O–H groups in total. The second-order valence-electron chi connectivity index (χ2n) is 30.7. The van der Waals surface area contributed by atoms with Crippen molar-refractivity contribution in [2.45, 2.75) is 39.5 Å². The number of anilines is 6. The van der Waals surface area contributed by atoms with E-state index >= 15 is 8.78 Å². The van der Waals surface area contributed by atoms with Crippen molar-refractivity contribution in [2.24, 2.45) is 0 Å². The van der Waals surface area contributed by atoms with Crippen molar-refractivity contribution in [3.05, 3.63) is 411 Å². The summed E-state index contributed by atoms with van der Waals surface area (Å²) in [6.45, 7) is 8.99. The van der Waals surface area contributed by atoms with Gasteiger partial charge in [0, 0.05) is 32.3 Å². The Balaban J connectivity index is 0.832. The molecule has 0 saturated carbocycles. The van der Waals surface area contributed by atoms with Crippen molar-refractivity contribution in [3.8, 4) is 22.3 Å². The first kappa shape index (κ1) is 69.7. The predicted molar refractivity (Wildman–Crippen MR) is 480 cm³/mol. The fraction of sp³-hybridized carbons (Fsp3) is 0.0566. The molecule has 4 nitrogen and oxygen atoms in total. The zero-order valence-corrected chi connectivity index (χ0v) is 65.6. The summed E-state index contributed by atoms with van der Waals surface area (Å²) < 4.78 is 51.4. The molecule has 114 heavy (non-hydrogen) atoms. The zero-order chi connectivity index (χ0) is 76.8. The van der Waals surface area contributed by atoms with Crippen molar-refractivity contribution in [1.82, 2.24) is 0 Å². The van der Waals surface area contributed by atoms with Crippen LogP contribution in [0, 0.1) is 11.6 Å². The lowest BCUT2D eigenvalue weighted by Crippen LogP contribution is -2.74. The molecule has 0 saturated heterocycles. The van der Waals surface area contributed by atoms with Crippen LogP contribution in [0.15, 0.2) is 397 Å². The Bertz CT molecular complexity index is 6410. The summed E-state index contributed by atoms with van der Waals surface area (Å²) in [4.78, 5) is 4.26. The van der Waals surface area contributed by atoms with Crippen molar-refractivity contribution in [3.63, 3.8) is 0 Å². The summed E-state index contributed by atoms with van der Waals surface area (Å²) in [5, 5.41) is 19.7. The number of benzene rings is 18. The number of rotatable bonds is 18. The third-order valence-electron chi connectivity index (χ3n) is 23.8. The molecule has 0 bridgehead atoms. The molecule has 0 aliphatic carbocycles. The van der Waals surface area contributed by atoms with Gasteiger partial charge in [0.2, 0.25) is 0 Å². The van der Waals surface area contributed by atoms with Crippen molar-refractivity contribution in [2.75, 3.05) is 9.80 Å². The van der Waals surface area contributed by atoms with Gasteiger partial charge in [-0.05, 0) is 169 Å². The third-order valence-corrected chi connectivity index (χ3v) is 33.3. The zero-order valence-electron chi connectivity index (χ0n) is 63.6. The molecule has 0 aliphatic heterocycles. The van der Waals surface area contributed by atoms with Crippen molar-refractivity contribution >= 4 is 168 Å². The molecule has 20 aromatic rings. The SMILES string of the molecule is CC(C)c1cc(N(c2cc(-c3cccc([Si](c4ccccc4)(c4ccccc4)c4ccccc4)c3)ccc2F)c2cccc3c2oc2ccccc23)c2ccc3c(C(C)C)cc(N(c4cc(-c5cccc([Si](c6ccccc6)(c6ccccc6)c6ccccc6)c5)ccc4F)c4cccc5c4oc4ccccc45)c4ccc1c2c34. The quantitative estimate of drug-likeness (QED) is 0.0487. The van der Waals surface area contributed by atoms with Crippen LogP contribution in [-0.4, -0.2) is 16.1 Å². The Morgan fingerprint density at radius 2 is 0.518 bits per heavy atom. The van der Waals surface area contributed by atoms with Gasteiger partial charge in [0.15, 0.2) is 27.3 Å². The smallest absolute Gasteiger partial charge is 0.179 e. The van der Waals surface area contributed by atoms with Gasteiger partial charge >= 0.3 is 0 Å². The first-order valence-corrected chi connectivity index (χ1v) is 43.4. The van der Waals surface area contributed by atoms with Gasteiger partial charge < -0.3 is 18.6 Å². The van der Waals surface area contributed by atoms with E-state index in [4.69, 9.17) is 8.83 Å². The fourth-order valence-corrected chi connectivity index (χ4v) is 28.2. The highest BCUT2D eigenvalue weighted by atomic mass is 28.3. The Morgan fingerprint density at radius 1 is 0.228 bits per heavy atom. The molecule has 20 rings (SSSR count). The fourth-order valence-electron chi connectivity index (χ4n) is 18.6. The molecule has 546 valence electrons. The molecule has 18 aromatic carbocycles. The van der Waals surface area contributed by atoms with Gasteiger partial charge in [0.1, 0.15) is 22.8 Å². The first-order valence-electron chi connectivity index (χ1n) is 39.4. The summed E-state index contributed by atoms with van der Waals surface area (Å²) in [6, 6.07) is 137.